The lowest BCUT2D eigenvalue weighted by Crippen LogP contribution is -2.46. The first-order chi connectivity index (χ1) is 9.49. The average molecular weight is 298 g/mol. The Hall–Kier alpha value is -1.24. The van der Waals surface area contributed by atoms with Crippen LogP contribution in [0.25, 0.3) is 0 Å². The van der Waals surface area contributed by atoms with Crippen molar-refractivity contribution in [1.29, 1.82) is 0 Å². The van der Waals surface area contributed by atoms with E-state index >= 15 is 0 Å². The van der Waals surface area contributed by atoms with Gasteiger partial charge in [0.2, 0.25) is 0 Å². The highest BCUT2D eigenvalue weighted by molar-refractivity contribution is 6.27. The van der Waals surface area contributed by atoms with Gasteiger partial charge in [-0.05, 0) is 39.8 Å². The molecule has 0 unspecified atom stereocenters. The molecule has 5 nitrogen and oxygen atoms in total. The second-order valence-electron chi connectivity index (χ2n) is 4.61. The van der Waals surface area contributed by atoms with E-state index in [-0.39, 0.29) is 0 Å². The zero-order chi connectivity index (χ0) is 15.0. The van der Waals surface area contributed by atoms with Crippen molar-refractivity contribution in [1.82, 2.24) is 0 Å². The van der Waals surface area contributed by atoms with Gasteiger partial charge >= 0.3 is 9.17 Å². The Balaban J connectivity index is 2.61. The van der Waals surface area contributed by atoms with E-state index in [1.165, 1.54) is 0 Å². The maximum Gasteiger partial charge on any atom is 0.773 e. The molecular formula is C14H22O5Si. The van der Waals surface area contributed by atoms with Gasteiger partial charge in [0, 0.05) is 13.2 Å². The molecule has 20 heavy (non-hydrogen) atoms. The van der Waals surface area contributed by atoms with Crippen LogP contribution in [0.2, 0.25) is 0 Å². The summed E-state index contributed by atoms with van der Waals surface area (Å²) >= 11 is 0. The highest BCUT2D eigenvalue weighted by Gasteiger charge is 2.36. The number of ether oxygens (including phenoxy) is 2. The lowest BCUT2D eigenvalue weighted by molar-refractivity contribution is -0.218. The van der Waals surface area contributed by atoms with Crippen molar-refractivity contribution < 1.29 is 22.8 Å². The number of para-hydroxylation sites is 1. The van der Waals surface area contributed by atoms with E-state index in [1.807, 2.05) is 19.9 Å². The molecule has 0 saturated heterocycles. The van der Waals surface area contributed by atoms with E-state index in [0.717, 1.165) is 0 Å². The predicted octanol–water partition coefficient (Wildman–Crippen LogP) is 2.68. The van der Waals surface area contributed by atoms with Crippen molar-refractivity contribution in [2.45, 2.75) is 39.6 Å². The third-order valence-corrected chi connectivity index (χ3v) is 3.59. The topological polar surface area (TPSA) is 54.0 Å². The molecule has 0 fully saturated rings. The standard InChI is InChI=1S/C14H22O5Si/c1-5-16-13(17-6-2)14(3,4)19-20(15)18-12-10-8-7-9-11-12/h7-11,13H,5-6H2,1-4H3. The molecule has 1 aromatic carbocycles. The van der Waals surface area contributed by atoms with Gasteiger partial charge in [-0.1, -0.05) is 18.2 Å². The van der Waals surface area contributed by atoms with Gasteiger partial charge in [-0.15, -0.1) is 0 Å². The summed E-state index contributed by atoms with van der Waals surface area (Å²) in [6.45, 7) is 8.23. The highest BCUT2D eigenvalue weighted by atomic mass is 28.3. The zero-order valence-electron chi connectivity index (χ0n) is 12.4. The molecule has 0 spiro atoms. The van der Waals surface area contributed by atoms with Crippen LogP contribution in [0.3, 0.4) is 0 Å². The third-order valence-electron chi connectivity index (χ3n) is 2.49. The first kappa shape index (κ1) is 16.8. The quantitative estimate of drug-likeness (QED) is 0.518. The van der Waals surface area contributed by atoms with E-state index in [4.69, 9.17) is 18.3 Å². The molecule has 0 radical (unpaired) electrons. The summed E-state index contributed by atoms with van der Waals surface area (Å²) in [6.07, 6.45) is -0.592. The van der Waals surface area contributed by atoms with Crippen LogP contribution in [0.5, 0.6) is 5.75 Å². The molecule has 1 rings (SSSR count). The monoisotopic (exact) mass is 298 g/mol. The lowest BCUT2D eigenvalue weighted by atomic mass is 10.1. The summed E-state index contributed by atoms with van der Waals surface area (Å²) in [7, 11) is -2.69. The molecule has 112 valence electrons. The largest absolute Gasteiger partial charge is 0.773 e. The molecular weight excluding hydrogens is 276 g/mol. The first-order valence-electron chi connectivity index (χ1n) is 6.68. The van der Waals surface area contributed by atoms with Gasteiger partial charge in [0.1, 0.15) is 11.4 Å². The van der Waals surface area contributed by atoms with Crippen molar-refractivity contribution in [2.75, 3.05) is 13.2 Å². The smallest absolute Gasteiger partial charge is 0.486 e. The van der Waals surface area contributed by atoms with Crippen LogP contribution in [0.4, 0.5) is 0 Å². The van der Waals surface area contributed by atoms with Crippen molar-refractivity contribution >= 4 is 9.17 Å². The number of rotatable bonds is 9. The first-order valence-corrected chi connectivity index (χ1v) is 7.91. The van der Waals surface area contributed by atoms with Crippen LogP contribution < -0.4 is 4.43 Å². The maximum atomic E-state index is 12.0. The number of benzene rings is 1. The summed E-state index contributed by atoms with van der Waals surface area (Å²) in [5, 5.41) is 0. The Kier molecular flexibility index (Phi) is 6.84. The second kappa shape index (κ2) is 8.14. The van der Waals surface area contributed by atoms with Gasteiger partial charge in [0.25, 0.3) is 0 Å². The fraction of sp³-hybridized carbons (Fsp3) is 0.571. The molecule has 0 heterocycles. The summed E-state index contributed by atoms with van der Waals surface area (Å²) in [4.78, 5) is 0. The minimum absolute atomic E-state index is 0.484. The van der Waals surface area contributed by atoms with Crippen LogP contribution in [0.1, 0.15) is 27.7 Å². The maximum absolute atomic E-state index is 12.0. The van der Waals surface area contributed by atoms with Crippen LogP contribution in [-0.2, 0) is 18.4 Å². The highest BCUT2D eigenvalue weighted by Crippen LogP contribution is 2.20. The SMILES string of the molecule is CCOC(OCC)C(C)(C)O[Si](=O)Oc1ccccc1. The second-order valence-corrected chi connectivity index (χ2v) is 5.52. The van der Waals surface area contributed by atoms with Gasteiger partial charge in [0.15, 0.2) is 6.29 Å². The Morgan fingerprint density at radius 3 is 2.15 bits per heavy atom. The Morgan fingerprint density at radius 1 is 1.10 bits per heavy atom. The van der Waals surface area contributed by atoms with Gasteiger partial charge in [-0.25, -0.2) is 0 Å². The summed E-state index contributed by atoms with van der Waals surface area (Å²) in [6, 6.07) is 8.91. The van der Waals surface area contributed by atoms with Crippen molar-refractivity contribution in [2.24, 2.45) is 0 Å². The predicted molar refractivity (Wildman–Crippen MR) is 75.7 cm³/mol. The minimum Gasteiger partial charge on any atom is -0.486 e. The Labute approximate surface area is 121 Å². The molecule has 0 amide bonds. The Bertz CT molecular complexity index is 401. The fourth-order valence-corrected chi connectivity index (χ4v) is 2.52. The molecule has 0 aliphatic rings. The lowest BCUT2D eigenvalue weighted by Gasteiger charge is -2.33. The fourth-order valence-electron chi connectivity index (χ4n) is 1.62. The van der Waals surface area contributed by atoms with E-state index in [0.29, 0.717) is 19.0 Å². The molecule has 0 aliphatic carbocycles. The number of hydrogen-bond acceptors (Lipinski definition) is 5. The van der Waals surface area contributed by atoms with Crippen LogP contribution in [0, 0.1) is 0 Å². The summed E-state index contributed by atoms with van der Waals surface area (Å²) in [5.41, 5.74) is -0.864. The molecule has 0 aromatic heterocycles. The molecule has 1 aromatic rings. The number of hydrogen-bond donors (Lipinski definition) is 0. The zero-order valence-corrected chi connectivity index (χ0v) is 13.4. The Morgan fingerprint density at radius 2 is 1.65 bits per heavy atom. The van der Waals surface area contributed by atoms with E-state index in [9.17, 15) is 4.46 Å². The van der Waals surface area contributed by atoms with Crippen molar-refractivity contribution in [3.63, 3.8) is 0 Å². The molecule has 6 heteroatoms. The molecule has 0 N–H and O–H groups in total. The summed E-state index contributed by atoms with van der Waals surface area (Å²) in [5.74, 6) is 0.511. The third kappa shape index (κ3) is 5.40. The van der Waals surface area contributed by atoms with Crippen molar-refractivity contribution in [3.8, 4) is 5.75 Å². The molecule has 0 bridgehead atoms. The van der Waals surface area contributed by atoms with Gasteiger partial charge in [-0.3, -0.25) is 4.46 Å². The minimum atomic E-state index is -2.69. The van der Waals surface area contributed by atoms with Crippen molar-refractivity contribution in [3.05, 3.63) is 30.3 Å². The van der Waals surface area contributed by atoms with Crippen LogP contribution in [0.15, 0.2) is 30.3 Å². The van der Waals surface area contributed by atoms with Crippen LogP contribution in [-0.4, -0.2) is 34.3 Å². The normalized spacial score (nSPS) is 11.4. The van der Waals surface area contributed by atoms with E-state index < -0.39 is 21.1 Å². The average Bonchev–Trinajstić information content (AvgIpc) is 2.39. The van der Waals surface area contributed by atoms with Gasteiger partial charge in [0.05, 0.1) is 0 Å². The molecule has 0 saturated carbocycles. The van der Waals surface area contributed by atoms with Crippen LogP contribution >= 0.6 is 0 Å². The molecule has 0 aliphatic heterocycles. The van der Waals surface area contributed by atoms with E-state index in [1.54, 1.807) is 38.1 Å². The van der Waals surface area contributed by atoms with Gasteiger partial charge < -0.3 is 18.3 Å². The van der Waals surface area contributed by atoms with Gasteiger partial charge in [-0.2, -0.15) is 0 Å². The molecule has 0 atom stereocenters. The summed E-state index contributed by atoms with van der Waals surface area (Å²) < 4.78 is 33.7. The van der Waals surface area contributed by atoms with E-state index in [2.05, 4.69) is 0 Å².